The molecule has 0 saturated carbocycles. The van der Waals surface area contributed by atoms with Gasteiger partial charge in [-0.2, -0.15) is 0 Å². The Labute approximate surface area is 595 Å². The quantitative estimate of drug-likeness (QED) is 0.0169. The van der Waals surface area contributed by atoms with Crippen LogP contribution >= 0.6 is 15.6 Å². The van der Waals surface area contributed by atoms with Gasteiger partial charge in [-0.25, -0.2) is 9.13 Å². The highest BCUT2D eigenvalue weighted by Crippen LogP contribution is 2.45. The number of phosphoric ester groups is 2. The van der Waals surface area contributed by atoms with Gasteiger partial charge in [0.05, 0.1) is 26.4 Å². The molecule has 98 heavy (non-hydrogen) atoms. The first kappa shape index (κ1) is 94.2. The standard InChI is InChI=1S/C79H140O17P2/c1-5-9-13-17-21-25-29-32-35-36-39-41-45-48-52-56-60-64-77(82)90-70-75(96-79(84)66-62-58-54-50-46-42-38-34-31-27-23-19-15-11-7-3)72-94-98(87,88)92-68-73(80)67-91-97(85,86)93-71-74(95-78(83)65-61-57-53-49-43-28-24-20-16-12-8-4)69-89-76(81)63-59-55-51-47-44-40-37-33-30-26-22-18-14-10-6-2/h9-10,13-14,20-22,24-26,32-33,35,37,73-75,80H,5-8,11-12,15-19,23,27-31,34,36,38-72H2,1-4H3,(H,85,86)(H,87,88)/b13-9-,14-10-,24-20-,25-21-,26-22-,35-32-,37-33-. The number of ether oxygens (including phenoxy) is 4. The van der Waals surface area contributed by atoms with Gasteiger partial charge in [0.2, 0.25) is 0 Å². The van der Waals surface area contributed by atoms with Crippen molar-refractivity contribution in [2.45, 2.75) is 354 Å². The molecule has 0 aromatic rings. The smallest absolute Gasteiger partial charge is 0.462 e. The van der Waals surface area contributed by atoms with E-state index in [9.17, 15) is 43.2 Å². The van der Waals surface area contributed by atoms with Gasteiger partial charge in [-0.05, 0) is 109 Å². The molecule has 0 saturated heterocycles. The summed E-state index contributed by atoms with van der Waals surface area (Å²) in [6.45, 7) is 4.62. The van der Waals surface area contributed by atoms with Crippen LogP contribution in [-0.4, -0.2) is 96.7 Å². The molecule has 3 N–H and O–H groups in total. The van der Waals surface area contributed by atoms with E-state index in [4.69, 9.17) is 37.0 Å². The maximum atomic E-state index is 13.1. The lowest BCUT2D eigenvalue weighted by Crippen LogP contribution is -2.30. The Bertz CT molecular complexity index is 2190. The number of allylic oxidation sites excluding steroid dienone is 14. The minimum atomic E-state index is -4.97. The van der Waals surface area contributed by atoms with Crippen LogP contribution in [0.3, 0.4) is 0 Å². The number of unbranched alkanes of at least 4 members (excludes halogenated alkanes) is 33. The van der Waals surface area contributed by atoms with Crippen LogP contribution in [0.5, 0.6) is 0 Å². The van der Waals surface area contributed by atoms with Gasteiger partial charge in [-0.3, -0.25) is 37.3 Å². The molecule has 0 aliphatic heterocycles. The number of esters is 4. The molecule has 0 rings (SSSR count). The number of carbonyl (C=O) groups excluding carboxylic acids is 4. The van der Waals surface area contributed by atoms with E-state index in [-0.39, 0.29) is 25.7 Å². The van der Waals surface area contributed by atoms with Crippen LogP contribution in [0.25, 0.3) is 0 Å². The molecule has 0 radical (unpaired) electrons. The monoisotopic (exact) mass is 1420 g/mol. The van der Waals surface area contributed by atoms with E-state index < -0.39 is 97.5 Å². The van der Waals surface area contributed by atoms with Crippen molar-refractivity contribution < 1.29 is 80.2 Å². The highest BCUT2D eigenvalue weighted by atomic mass is 31.2. The first-order valence-corrected chi connectivity index (χ1v) is 41.8. The highest BCUT2D eigenvalue weighted by molar-refractivity contribution is 7.47. The third-order valence-corrected chi connectivity index (χ3v) is 18.3. The van der Waals surface area contributed by atoms with Crippen molar-refractivity contribution in [3.8, 4) is 0 Å². The van der Waals surface area contributed by atoms with E-state index in [0.717, 1.165) is 180 Å². The van der Waals surface area contributed by atoms with Crippen LogP contribution in [0.15, 0.2) is 85.1 Å². The third kappa shape index (κ3) is 70.7. The van der Waals surface area contributed by atoms with Crippen molar-refractivity contribution in [2.24, 2.45) is 0 Å². The molecule has 0 aliphatic carbocycles. The highest BCUT2D eigenvalue weighted by Gasteiger charge is 2.30. The summed E-state index contributed by atoms with van der Waals surface area (Å²) < 4.78 is 68.5. The van der Waals surface area contributed by atoms with E-state index in [1.165, 1.54) is 77.0 Å². The SMILES string of the molecule is CC/C=C\C/C=C\C/C=C\CCCCCCCCCC(=O)OCC(COP(=O)(O)OCC(O)COP(=O)(O)OCC(COC(=O)CCCCCCC/C=C\C/C=C\C/C=C\CC)OC(=O)CCCCCCC/C=C\CCCC)OC(=O)CCCCCCCCCCCCCCCCC. The third-order valence-electron chi connectivity index (χ3n) is 16.4. The molecule has 17 nitrogen and oxygen atoms in total. The summed E-state index contributed by atoms with van der Waals surface area (Å²) >= 11 is 0. The van der Waals surface area contributed by atoms with Crippen molar-refractivity contribution >= 4 is 39.5 Å². The van der Waals surface area contributed by atoms with Gasteiger partial charge in [0.1, 0.15) is 19.3 Å². The Morgan fingerprint density at radius 1 is 0.296 bits per heavy atom. The van der Waals surface area contributed by atoms with Crippen LogP contribution in [0.1, 0.15) is 336 Å². The van der Waals surface area contributed by atoms with Crippen LogP contribution < -0.4 is 0 Å². The molecule has 0 spiro atoms. The Kier molecular flexibility index (Phi) is 68.9. The van der Waals surface area contributed by atoms with Gasteiger partial charge in [0, 0.05) is 25.7 Å². The number of rotatable bonds is 73. The minimum Gasteiger partial charge on any atom is -0.462 e. The minimum absolute atomic E-state index is 0.0820. The number of hydrogen-bond donors (Lipinski definition) is 3. The fourth-order valence-electron chi connectivity index (χ4n) is 10.5. The normalized spacial score (nSPS) is 14.4. The fraction of sp³-hybridized carbons (Fsp3) is 0.772. The lowest BCUT2D eigenvalue weighted by molar-refractivity contribution is -0.161. The topological polar surface area (TPSA) is 237 Å². The van der Waals surface area contributed by atoms with E-state index in [2.05, 4.69) is 113 Å². The molecule has 5 unspecified atom stereocenters. The second-order valence-corrected chi connectivity index (χ2v) is 28.8. The van der Waals surface area contributed by atoms with Gasteiger partial charge in [0.15, 0.2) is 12.2 Å². The molecule has 0 aromatic carbocycles. The fourth-order valence-corrected chi connectivity index (χ4v) is 12.0. The van der Waals surface area contributed by atoms with Gasteiger partial charge in [-0.1, -0.05) is 286 Å². The molecule has 0 amide bonds. The number of hydrogen-bond acceptors (Lipinski definition) is 15. The van der Waals surface area contributed by atoms with E-state index in [1.807, 2.05) is 0 Å². The Hall–Kier alpha value is -3.76. The summed E-state index contributed by atoms with van der Waals surface area (Å²) in [6.07, 6.45) is 72.8. The molecule has 0 bridgehead atoms. The van der Waals surface area contributed by atoms with E-state index in [0.29, 0.717) is 25.7 Å². The molecule has 0 aliphatic rings. The number of carbonyl (C=O) groups is 4. The lowest BCUT2D eigenvalue weighted by Gasteiger charge is -2.21. The van der Waals surface area contributed by atoms with Gasteiger partial charge < -0.3 is 33.8 Å². The van der Waals surface area contributed by atoms with E-state index in [1.54, 1.807) is 0 Å². The molecule has 0 heterocycles. The summed E-state index contributed by atoms with van der Waals surface area (Å²) in [5.41, 5.74) is 0. The zero-order valence-corrected chi connectivity index (χ0v) is 63.7. The van der Waals surface area contributed by atoms with Crippen molar-refractivity contribution in [1.29, 1.82) is 0 Å². The average molecular weight is 1420 g/mol. The number of aliphatic hydroxyl groups is 1. The molecule has 568 valence electrons. The molecular weight excluding hydrogens is 1280 g/mol. The maximum absolute atomic E-state index is 13.1. The molecular formula is C79H140O17P2. The summed E-state index contributed by atoms with van der Waals surface area (Å²) in [4.78, 5) is 72.9. The first-order chi connectivity index (χ1) is 47.7. The summed E-state index contributed by atoms with van der Waals surface area (Å²) in [6, 6.07) is 0. The summed E-state index contributed by atoms with van der Waals surface area (Å²) in [7, 11) is -9.95. The lowest BCUT2D eigenvalue weighted by atomic mass is 10.0. The number of aliphatic hydroxyl groups excluding tert-OH is 1. The Balaban J connectivity index is 5.32. The van der Waals surface area contributed by atoms with Crippen molar-refractivity contribution in [3.05, 3.63) is 85.1 Å². The second kappa shape index (κ2) is 71.6. The summed E-state index contributed by atoms with van der Waals surface area (Å²) in [5, 5.41) is 10.6. The summed E-state index contributed by atoms with van der Waals surface area (Å²) in [5.74, 6) is -2.19. The van der Waals surface area contributed by atoms with Crippen LogP contribution in [-0.2, 0) is 65.4 Å². The van der Waals surface area contributed by atoms with Crippen molar-refractivity contribution in [3.63, 3.8) is 0 Å². The van der Waals surface area contributed by atoms with Crippen LogP contribution in [0.4, 0.5) is 0 Å². The first-order valence-electron chi connectivity index (χ1n) is 38.8. The predicted molar refractivity (Wildman–Crippen MR) is 399 cm³/mol. The van der Waals surface area contributed by atoms with Gasteiger partial charge in [-0.15, -0.1) is 0 Å². The zero-order chi connectivity index (χ0) is 71.8. The van der Waals surface area contributed by atoms with Crippen molar-refractivity contribution in [2.75, 3.05) is 39.6 Å². The van der Waals surface area contributed by atoms with Gasteiger partial charge >= 0.3 is 39.5 Å². The average Bonchev–Trinajstić information content (AvgIpc) is 0.986. The Morgan fingerprint density at radius 3 is 0.857 bits per heavy atom. The van der Waals surface area contributed by atoms with Crippen LogP contribution in [0.2, 0.25) is 0 Å². The molecule has 0 aromatic heterocycles. The predicted octanol–water partition coefficient (Wildman–Crippen LogP) is 22.2. The Morgan fingerprint density at radius 2 is 0.541 bits per heavy atom. The molecule has 0 fully saturated rings. The number of phosphoric acid groups is 2. The second-order valence-electron chi connectivity index (χ2n) is 25.9. The van der Waals surface area contributed by atoms with Crippen LogP contribution in [0, 0.1) is 0 Å². The van der Waals surface area contributed by atoms with Crippen molar-refractivity contribution in [1.82, 2.24) is 0 Å². The van der Waals surface area contributed by atoms with E-state index >= 15 is 0 Å². The maximum Gasteiger partial charge on any atom is 0.472 e. The molecule has 5 atom stereocenters. The zero-order valence-electron chi connectivity index (χ0n) is 62.0. The largest absolute Gasteiger partial charge is 0.472 e. The molecule has 19 heteroatoms. The van der Waals surface area contributed by atoms with Gasteiger partial charge in [0.25, 0.3) is 0 Å².